The Hall–Kier alpha value is -1.31. The fourth-order valence-electron chi connectivity index (χ4n) is 2.45. The van der Waals surface area contributed by atoms with Crippen molar-refractivity contribution in [2.24, 2.45) is 0 Å². The van der Waals surface area contributed by atoms with Crippen molar-refractivity contribution >= 4 is 27.5 Å². The van der Waals surface area contributed by atoms with Gasteiger partial charge in [0.05, 0.1) is 13.7 Å². The molecule has 1 aliphatic rings. The molecule has 0 spiro atoms. The highest BCUT2D eigenvalue weighted by Gasteiger charge is 2.22. The molecule has 22 heavy (non-hydrogen) atoms. The molecule has 2 rings (SSSR count). The fourth-order valence-corrected chi connectivity index (χ4v) is 3.86. The summed E-state index contributed by atoms with van der Waals surface area (Å²) in [6.07, 6.45) is 4.08. The highest BCUT2D eigenvalue weighted by molar-refractivity contribution is 7.89. The number of hydrogen-bond acceptors (Lipinski definition) is 4. The van der Waals surface area contributed by atoms with Crippen molar-refractivity contribution in [2.45, 2.75) is 36.6 Å². The van der Waals surface area contributed by atoms with Crippen molar-refractivity contribution in [1.82, 2.24) is 10.0 Å². The number of nitrogens with one attached hydrogen (secondary N) is 2. The zero-order valence-corrected chi connectivity index (χ0v) is 13.8. The van der Waals surface area contributed by atoms with Crippen LogP contribution in [0, 0.1) is 0 Å². The molecule has 1 fully saturated rings. The van der Waals surface area contributed by atoms with Gasteiger partial charge in [-0.15, -0.1) is 0 Å². The number of sulfonamides is 1. The first-order valence-corrected chi connectivity index (χ1v) is 8.91. The molecular weight excluding hydrogens is 328 g/mol. The topological polar surface area (TPSA) is 84.5 Å². The lowest BCUT2D eigenvalue weighted by Gasteiger charge is -2.13. The number of amides is 1. The Morgan fingerprint density at radius 3 is 2.68 bits per heavy atom. The number of carbonyl (C=O) groups is 1. The summed E-state index contributed by atoms with van der Waals surface area (Å²) in [5.41, 5.74) is 0. The standard InChI is InChI=1S/C14H19ClN2O4S/c1-21-12-7-6-10(15)8-13(12)22(19,20)16-9-14(18)17-11-4-2-3-5-11/h6-8,11,16H,2-5,9H2,1H3,(H,17,18). The van der Waals surface area contributed by atoms with Gasteiger partial charge in [0.25, 0.3) is 0 Å². The average Bonchev–Trinajstić information content (AvgIpc) is 2.98. The molecule has 0 radical (unpaired) electrons. The van der Waals surface area contributed by atoms with Crippen molar-refractivity contribution in [2.75, 3.05) is 13.7 Å². The van der Waals surface area contributed by atoms with Crippen molar-refractivity contribution in [3.8, 4) is 5.75 Å². The smallest absolute Gasteiger partial charge is 0.244 e. The number of ether oxygens (including phenoxy) is 1. The number of methoxy groups -OCH3 is 1. The van der Waals surface area contributed by atoms with E-state index in [0.717, 1.165) is 25.7 Å². The van der Waals surface area contributed by atoms with Crippen LogP contribution >= 0.6 is 11.6 Å². The average molecular weight is 347 g/mol. The number of benzene rings is 1. The minimum absolute atomic E-state index is 0.0869. The van der Waals surface area contributed by atoms with E-state index in [0.29, 0.717) is 0 Å². The molecule has 1 aromatic rings. The second kappa shape index (κ2) is 7.30. The third-order valence-electron chi connectivity index (χ3n) is 3.56. The van der Waals surface area contributed by atoms with E-state index in [1.54, 1.807) is 0 Å². The number of carbonyl (C=O) groups excluding carboxylic acids is 1. The van der Waals surface area contributed by atoms with Gasteiger partial charge in [-0.05, 0) is 31.0 Å². The summed E-state index contributed by atoms with van der Waals surface area (Å²) in [6.45, 7) is -0.311. The molecule has 6 nitrogen and oxygen atoms in total. The van der Waals surface area contributed by atoms with E-state index in [2.05, 4.69) is 10.0 Å². The van der Waals surface area contributed by atoms with Gasteiger partial charge >= 0.3 is 0 Å². The molecule has 1 aromatic carbocycles. The van der Waals surface area contributed by atoms with Crippen LogP contribution in [0.3, 0.4) is 0 Å². The molecule has 0 unspecified atom stereocenters. The van der Waals surface area contributed by atoms with Crippen molar-refractivity contribution in [1.29, 1.82) is 0 Å². The maximum atomic E-state index is 12.3. The Morgan fingerprint density at radius 2 is 2.05 bits per heavy atom. The number of halogens is 1. The van der Waals surface area contributed by atoms with Crippen LogP contribution in [0.1, 0.15) is 25.7 Å². The van der Waals surface area contributed by atoms with E-state index in [4.69, 9.17) is 16.3 Å². The molecule has 2 N–H and O–H groups in total. The van der Waals surface area contributed by atoms with E-state index in [1.165, 1.54) is 25.3 Å². The molecule has 0 aliphatic heterocycles. The second-order valence-corrected chi connectivity index (χ2v) is 7.34. The Balaban J connectivity index is 2.01. The van der Waals surface area contributed by atoms with Crippen LogP contribution in [0.15, 0.2) is 23.1 Å². The molecule has 1 amide bonds. The van der Waals surface area contributed by atoms with Gasteiger partial charge in [-0.25, -0.2) is 13.1 Å². The lowest BCUT2D eigenvalue weighted by molar-refractivity contribution is -0.120. The molecular formula is C14H19ClN2O4S. The minimum Gasteiger partial charge on any atom is -0.495 e. The van der Waals surface area contributed by atoms with Crippen molar-refractivity contribution in [3.05, 3.63) is 23.2 Å². The van der Waals surface area contributed by atoms with Gasteiger partial charge in [-0.2, -0.15) is 0 Å². The SMILES string of the molecule is COc1ccc(Cl)cc1S(=O)(=O)NCC(=O)NC1CCCC1. The molecule has 1 saturated carbocycles. The van der Waals surface area contributed by atoms with Crippen LogP contribution in [0.25, 0.3) is 0 Å². The maximum Gasteiger partial charge on any atom is 0.244 e. The molecule has 122 valence electrons. The van der Waals surface area contributed by atoms with E-state index in [-0.39, 0.29) is 34.2 Å². The predicted octanol–water partition coefficient (Wildman–Crippen LogP) is 1.69. The van der Waals surface area contributed by atoms with E-state index in [9.17, 15) is 13.2 Å². The Kier molecular flexibility index (Phi) is 5.66. The van der Waals surface area contributed by atoms with Gasteiger partial charge in [-0.1, -0.05) is 24.4 Å². The molecule has 1 aliphatic carbocycles. The lowest BCUT2D eigenvalue weighted by atomic mass is 10.2. The van der Waals surface area contributed by atoms with E-state index in [1.807, 2.05) is 0 Å². The molecule has 0 saturated heterocycles. The van der Waals surface area contributed by atoms with Crippen LogP contribution < -0.4 is 14.8 Å². The Morgan fingerprint density at radius 1 is 1.36 bits per heavy atom. The third-order valence-corrected chi connectivity index (χ3v) is 5.22. The lowest BCUT2D eigenvalue weighted by Crippen LogP contribution is -2.41. The van der Waals surface area contributed by atoms with E-state index >= 15 is 0 Å². The van der Waals surface area contributed by atoms with Crippen LogP contribution in [0.2, 0.25) is 5.02 Å². The first kappa shape index (κ1) is 17.1. The van der Waals surface area contributed by atoms with Crippen LogP contribution in [-0.2, 0) is 14.8 Å². The van der Waals surface area contributed by atoms with Gasteiger partial charge in [0.15, 0.2) is 0 Å². The van der Waals surface area contributed by atoms with Gasteiger partial charge in [-0.3, -0.25) is 4.79 Å². The molecule has 0 heterocycles. The van der Waals surface area contributed by atoms with Crippen LogP contribution in [-0.4, -0.2) is 34.0 Å². The summed E-state index contributed by atoms with van der Waals surface area (Å²) in [7, 11) is -2.50. The molecule has 0 bridgehead atoms. The molecule has 8 heteroatoms. The highest BCUT2D eigenvalue weighted by Crippen LogP contribution is 2.26. The van der Waals surface area contributed by atoms with Gasteiger partial charge in [0.1, 0.15) is 10.6 Å². The summed E-state index contributed by atoms with van der Waals surface area (Å²) < 4.78 is 31.8. The molecule has 0 aromatic heterocycles. The zero-order valence-electron chi connectivity index (χ0n) is 12.3. The summed E-state index contributed by atoms with van der Waals surface area (Å²) in [6, 6.07) is 4.44. The molecule has 0 atom stereocenters. The first-order chi connectivity index (χ1) is 10.4. The summed E-state index contributed by atoms with van der Waals surface area (Å²) in [5.74, 6) is -0.162. The van der Waals surface area contributed by atoms with Crippen LogP contribution in [0.5, 0.6) is 5.75 Å². The fraction of sp³-hybridized carbons (Fsp3) is 0.500. The predicted molar refractivity (Wildman–Crippen MR) is 83.6 cm³/mol. The number of hydrogen-bond donors (Lipinski definition) is 2. The quantitative estimate of drug-likeness (QED) is 0.820. The van der Waals surface area contributed by atoms with Crippen molar-refractivity contribution in [3.63, 3.8) is 0 Å². The third kappa shape index (κ3) is 4.34. The monoisotopic (exact) mass is 346 g/mol. The summed E-state index contributed by atoms with van der Waals surface area (Å²) >= 11 is 5.83. The first-order valence-electron chi connectivity index (χ1n) is 7.05. The summed E-state index contributed by atoms with van der Waals surface area (Å²) in [4.78, 5) is 11.7. The minimum atomic E-state index is -3.87. The highest BCUT2D eigenvalue weighted by atomic mass is 35.5. The number of rotatable bonds is 6. The van der Waals surface area contributed by atoms with Crippen molar-refractivity contribution < 1.29 is 17.9 Å². The second-order valence-electron chi connectivity index (χ2n) is 5.17. The Labute approximate surface area is 135 Å². The summed E-state index contributed by atoms with van der Waals surface area (Å²) in [5, 5.41) is 3.09. The van der Waals surface area contributed by atoms with Gasteiger partial charge < -0.3 is 10.1 Å². The maximum absolute atomic E-state index is 12.3. The van der Waals surface area contributed by atoms with Gasteiger partial charge in [0, 0.05) is 11.1 Å². The van der Waals surface area contributed by atoms with Crippen LogP contribution in [0.4, 0.5) is 0 Å². The normalized spacial score (nSPS) is 15.7. The Bertz CT molecular complexity index is 642. The van der Waals surface area contributed by atoms with Gasteiger partial charge in [0.2, 0.25) is 15.9 Å². The zero-order chi connectivity index (χ0) is 16.2. The van der Waals surface area contributed by atoms with E-state index < -0.39 is 10.0 Å². The largest absolute Gasteiger partial charge is 0.495 e.